The summed E-state index contributed by atoms with van der Waals surface area (Å²) in [4.78, 5) is 14.6. The molecule has 2 atom stereocenters. The maximum absolute atomic E-state index is 16.4. The fourth-order valence-electron chi connectivity index (χ4n) is 7.46. The lowest BCUT2D eigenvalue weighted by Gasteiger charge is -2.34. The quantitative estimate of drug-likeness (QED) is 0.363. The van der Waals surface area contributed by atoms with E-state index >= 15 is 4.39 Å². The van der Waals surface area contributed by atoms with Crippen LogP contribution in [0.5, 0.6) is 6.01 Å². The van der Waals surface area contributed by atoms with Gasteiger partial charge >= 0.3 is 6.01 Å². The van der Waals surface area contributed by atoms with Crippen molar-refractivity contribution in [2.75, 3.05) is 37.7 Å². The van der Waals surface area contributed by atoms with Crippen LogP contribution >= 0.6 is 11.3 Å². The van der Waals surface area contributed by atoms with Crippen molar-refractivity contribution in [1.82, 2.24) is 20.2 Å². The van der Waals surface area contributed by atoms with E-state index in [-0.39, 0.29) is 11.4 Å². The van der Waals surface area contributed by atoms with E-state index in [1.165, 1.54) is 25.7 Å². The van der Waals surface area contributed by atoms with Gasteiger partial charge in [0.05, 0.1) is 5.54 Å². The molecule has 2 aromatic heterocycles. The molecule has 6 nitrogen and oxygen atoms in total. The highest BCUT2D eigenvalue weighted by molar-refractivity contribution is 7.17. The number of ether oxygens (including phenoxy) is 1. The highest BCUT2D eigenvalue weighted by Gasteiger charge is 2.45. The van der Waals surface area contributed by atoms with E-state index in [1.807, 2.05) is 24.3 Å². The molecule has 4 fully saturated rings. The first-order valence-electron chi connectivity index (χ1n) is 14.0. The van der Waals surface area contributed by atoms with Crippen LogP contribution in [0.25, 0.3) is 32.1 Å². The molecule has 196 valence electrons. The zero-order valence-corrected chi connectivity index (χ0v) is 22.3. The fourth-order valence-corrected chi connectivity index (χ4v) is 8.42. The standard InChI is InChI=1S/C30H32FN5OS/c31-26-22(24-17-38-25-6-2-1-5-21(24)25)9-10-23-27(26)33-29(37-18-30-11-3-13-36(30)14-4-12-30)34-28(23)35-15-19-7-8-20(16-35)32-19/h1-2,5-6,9-10,17,19-20,32H,3-4,7-8,11-16,18H2. The molecular formula is C30H32FN5OS. The van der Waals surface area contributed by atoms with Gasteiger partial charge in [-0.2, -0.15) is 9.97 Å². The molecule has 38 heavy (non-hydrogen) atoms. The van der Waals surface area contributed by atoms with E-state index in [9.17, 15) is 0 Å². The second-order valence-electron chi connectivity index (χ2n) is 11.5. The molecule has 4 aliphatic rings. The predicted octanol–water partition coefficient (Wildman–Crippen LogP) is 5.60. The van der Waals surface area contributed by atoms with Crippen LogP contribution in [0.1, 0.15) is 38.5 Å². The SMILES string of the molecule is Fc1c(-c2csc3ccccc23)ccc2c(N3CC4CCC(C3)N4)nc(OCC34CCCN3CCC4)nc12. The Morgan fingerprint density at radius 1 is 0.974 bits per heavy atom. The summed E-state index contributed by atoms with van der Waals surface area (Å²) >= 11 is 1.65. The normalized spacial score (nSPS) is 24.5. The molecule has 2 unspecified atom stereocenters. The van der Waals surface area contributed by atoms with Crippen molar-refractivity contribution in [2.24, 2.45) is 0 Å². The van der Waals surface area contributed by atoms with Gasteiger partial charge in [-0.15, -0.1) is 11.3 Å². The van der Waals surface area contributed by atoms with E-state index in [0.717, 1.165) is 65.9 Å². The van der Waals surface area contributed by atoms with Crippen molar-refractivity contribution in [3.8, 4) is 17.1 Å². The summed E-state index contributed by atoms with van der Waals surface area (Å²) in [6.07, 6.45) is 7.08. The first-order valence-corrected chi connectivity index (χ1v) is 14.9. The lowest BCUT2D eigenvalue weighted by molar-refractivity contribution is 0.108. The fraction of sp³-hybridized carbons (Fsp3) is 0.467. The maximum atomic E-state index is 16.4. The van der Waals surface area contributed by atoms with Crippen LogP contribution in [-0.4, -0.2) is 65.3 Å². The highest BCUT2D eigenvalue weighted by Crippen LogP contribution is 2.41. The summed E-state index contributed by atoms with van der Waals surface area (Å²) in [7, 11) is 0. The topological polar surface area (TPSA) is 53.5 Å². The summed E-state index contributed by atoms with van der Waals surface area (Å²) in [5, 5.41) is 7.59. The molecule has 4 aromatic rings. The van der Waals surface area contributed by atoms with Crippen molar-refractivity contribution < 1.29 is 9.13 Å². The monoisotopic (exact) mass is 529 g/mol. The third-order valence-electron chi connectivity index (χ3n) is 9.33. The van der Waals surface area contributed by atoms with Gasteiger partial charge in [0.2, 0.25) is 0 Å². The molecule has 8 rings (SSSR count). The van der Waals surface area contributed by atoms with Gasteiger partial charge < -0.3 is 15.0 Å². The Morgan fingerprint density at radius 2 is 1.76 bits per heavy atom. The zero-order chi connectivity index (χ0) is 25.3. The minimum atomic E-state index is -0.292. The molecule has 6 heterocycles. The van der Waals surface area contributed by atoms with Crippen LogP contribution < -0.4 is 15.0 Å². The molecule has 4 saturated heterocycles. The van der Waals surface area contributed by atoms with Crippen molar-refractivity contribution in [2.45, 2.75) is 56.1 Å². The van der Waals surface area contributed by atoms with E-state index < -0.39 is 0 Å². The second-order valence-corrected chi connectivity index (χ2v) is 12.5. The number of rotatable bonds is 5. The minimum Gasteiger partial charge on any atom is -0.461 e. The molecule has 1 N–H and O–H groups in total. The van der Waals surface area contributed by atoms with E-state index in [1.54, 1.807) is 11.3 Å². The molecule has 0 saturated carbocycles. The van der Waals surface area contributed by atoms with Crippen LogP contribution in [0, 0.1) is 5.82 Å². The number of aromatic nitrogens is 2. The summed E-state index contributed by atoms with van der Waals surface area (Å²) in [5.41, 5.74) is 1.94. The van der Waals surface area contributed by atoms with Gasteiger partial charge in [0.1, 0.15) is 17.9 Å². The molecule has 0 aliphatic carbocycles. The molecule has 2 aromatic carbocycles. The number of nitrogens with one attached hydrogen (secondary N) is 1. The van der Waals surface area contributed by atoms with E-state index in [0.29, 0.717) is 35.8 Å². The predicted molar refractivity (Wildman–Crippen MR) is 151 cm³/mol. The average molecular weight is 530 g/mol. The Hall–Kier alpha value is -2.81. The van der Waals surface area contributed by atoms with Crippen LogP contribution in [0.4, 0.5) is 10.2 Å². The van der Waals surface area contributed by atoms with Crippen molar-refractivity contribution in [3.05, 3.63) is 47.6 Å². The number of hydrogen-bond donors (Lipinski definition) is 1. The largest absolute Gasteiger partial charge is 0.461 e. The van der Waals surface area contributed by atoms with Crippen molar-refractivity contribution in [3.63, 3.8) is 0 Å². The smallest absolute Gasteiger partial charge is 0.319 e. The maximum Gasteiger partial charge on any atom is 0.319 e. The molecule has 4 aliphatic heterocycles. The Kier molecular flexibility index (Phi) is 5.39. The van der Waals surface area contributed by atoms with Crippen LogP contribution in [0.3, 0.4) is 0 Å². The van der Waals surface area contributed by atoms with Gasteiger partial charge in [0.15, 0.2) is 5.82 Å². The van der Waals surface area contributed by atoms with Gasteiger partial charge in [-0.05, 0) is 69.1 Å². The molecule has 0 spiro atoms. The van der Waals surface area contributed by atoms with E-state index in [4.69, 9.17) is 14.7 Å². The number of hydrogen-bond acceptors (Lipinski definition) is 7. The van der Waals surface area contributed by atoms with Gasteiger partial charge in [0.25, 0.3) is 0 Å². The number of benzene rings is 2. The summed E-state index contributed by atoms with van der Waals surface area (Å²) in [5.74, 6) is 0.510. The van der Waals surface area contributed by atoms with Crippen LogP contribution in [0.2, 0.25) is 0 Å². The summed E-state index contributed by atoms with van der Waals surface area (Å²) < 4.78 is 24.0. The second kappa shape index (κ2) is 8.86. The van der Waals surface area contributed by atoms with Crippen LogP contribution in [0.15, 0.2) is 41.8 Å². The van der Waals surface area contributed by atoms with E-state index in [2.05, 4.69) is 32.6 Å². The number of thiophene rings is 1. The first-order chi connectivity index (χ1) is 18.7. The third kappa shape index (κ3) is 3.64. The van der Waals surface area contributed by atoms with Gasteiger partial charge in [0, 0.05) is 51.8 Å². The lowest BCUT2D eigenvalue weighted by atomic mass is 9.95. The highest BCUT2D eigenvalue weighted by atomic mass is 32.1. The number of halogens is 1. The Labute approximate surface area is 225 Å². The van der Waals surface area contributed by atoms with Gasteiger partial charge in [-0.1, -0.05) is 24.3 Å². The molecular weight excluding hydrogens is 497 g/mol. The molecule has 0 amide bonds. The summed E-state index contributed by atoms with van der Waals surface area (Å²) in [6, 6.07) is 13.3. The Balaban J connectivity index is 1.23. The summed E-state index contributed by atoms with van der Waals surface area (Å²) in [6.45, 7) is 4.60. The van der Waals surface area contributed by atoms with Crippen LogP contribution in [-0.2, 0) is 0 Å². The van der Waals surface area contributed by atoms with Crippen molar-refractivity contribution >= 4 is 38.1 Å². The first kappa shape index (κ1) is 23.1. The van der Waals surface area contributed by atoms with Crippen molar-refractivity contribution in [1.29, 1.82) is 0 Å². The zero-order valence-electron chi connectivity index (χ0n) is 21.5. The Bertz CT molecular complexity index is 1520. The third-order valence-corrected chi connectivity index (χ3v) is 10.3. The Morgan fingerprint density at radius 3 is 2.58 bits per heavy atom. The number of fused-ring (bicyclic) bond motifs is 5. The van der Waals surface area contributed by atoms with Gasteiger partial charge in [-0.25, -0.2) is 4.39 Å². The molecule has 0 radical (unpaired) electrons. The minimum absolute atomic E-state index is 0.0859. The number of anilines is 1. The lowest BCUT2D eigenvalue weighted by Crippen LogP contribution is -2.51. The molecule has 2 bridgehead atoms. The number of piperazine rings is 1. The molecule has 8 heteroatoms. The average Bonchev–Trinajstić information content (AvgIpc) is 3.71. The number of nitrogens with zero attached hydrogens (tertiary/aromatic N) is 4. The van der Waals surface area contributed by atoms with Gasteiger partial charge in [-0.3, -0.25) is 4.90 Å².